The van der Waals surface area contributed by atoms with E-state index in [1.54, 1.807) is 24.9 Å². The monoisotopic (exact) mass is 399 g/mol. The molecule has 1 atom stereocenters. The molecule has 30 heavy (non-hydrogen) atoms. The first-order chi connectivity index (χ1) is 14.4. The number of carbonyl (C=O) groups excluding carboxylic acids is 1. The Labute approximate surface area is 176 Å². The Morgan fingerprint density at radius 1 is 1.10 bits per heavy atom. The molecule has 3 aromatic heterocycles. The van der Waals surface area contributed by atoms with E-state index in [0.29, 0.717) is 12.1 Å². The molecule has 0 saturated carbocycles. The van der Waals surface area contributed by atoms with Crippen molar-refractivity contribution < 1.29 is 4.79 Å². The number of para-hydroxylation sites is 1. The van der Waals surface area contributed by atoms with Crippen molar-refractivity contribution in [2.75, 3.05) is 0 Å². The Kier molecular flexibility index (Phi) is 5.31. The molecule has 3 heterocycles. The number of nitrogens with zero attached hydrogens (tertiary/aromatic N) is 4. The van der Waals surface area contributed by atoms with Crippen LogP contribution in [0.25, 0.3) is 22.2 Å². The summed E-state index contributed by atoms with van der Waals surface area (Å²) in [6, 6.07) is 13.3. The van der Waals surface area contributed by atoms with E-state index in [1.807, 2.05) is 53.2 Å². The van der Waals surface area contributed by atoms with E-state index >= 15 is 0 Å². The van der Waals surface area contributed by atoms with Crippen LogP contribution in [-0.2, 0) is 6.54 Å². The first kappa shape index (κ1) is 19.8. The Morgan fingerprint density at radius 3 is 2.63 bits per heavy atom. The molecule has 0 bridgehead atoms. The van der Waals surface area contributed by atoms with Gasteiger partial charge in [-0.05, 0) is 29.7 Å². The van der Waals surface area contributed by atoms with Gasteiger partial charge in [-0.15, -0.1) is 0 Å². The first-order valence-electron chi connectivity index (χ1n) is 9.98. The minimum absolute atomic E-state index is 0.0760. The van der Waals surface area contributed by atoms with Gasteiger partial charge >= 0.3 is 0 Å². The summed E-state index contributed by atoms with van der Waals surface area (Å²) in [4.78, 5) is 26.5. The summed E-state index contributed by atoms with van der Waals surface area (Å²) in [6.07, 6.45) is 8.91. The van der Waals surface area contributed by atoms with Crippen molar-refractivity contribution in [3.63, 3.8) is 0 Å². The summed E-state index contributed by atoms with van der Waals surface area (Å²) >= 11 is 0. The molecule has 0 saturated heterocycles. The highest BCUT2D eigenvalue weighted by atomic mass is 16.1. The van der Waals surface area contributed by atoms with Gasteiger partial charge in [-0.1, -0.05) is 39.0 Å². The van der Waals surface area contributed by atoms with E-state index in [-0.39, 0.29) is 17.4 Å². The molecule has 0 radical (unpaired) electrons. The van der Waals surface area contributed by atoms with E-state index in [9.17, 15) is 4.79 Å². The van der Waals surface area contributed by atoms with Gasteiger partial charge in [0.2, 0.25) is 0 Å². The number of pyridine rings is 2. The minimum Gasteiger partial charge on any atom is -0.347 e. The number of hydrogen-bond acceptors (Lipinski definition) is 4. The molecule has 1 aromatic carbocycles. The zero-order valence-corrected chi connectivity index (χ0v) is 17.4. The Bertz CT molecular complexity index is 1150. The summed E-state index contributed by atoms with van der Waals surface area (Å²) in [5, 5.41) is 4.08. The first-order valence-corrected chi connectivity index (χ1v) is 9.98. The quantitative estimate of drug-likeness (QED) is 0.542. The second-order valence-corrected chi connectivity index (χ2v) is 8.47. The van der Waals surface area contributed by atoms with E-state index in [0.717, 1.165) is 22.2 Å². The lowest BCUT2D eigenvalue weighted by atomic mass is 9.86. The van der Waals surface area contributed by atoms with Crippen molar-refractivity contribution in [1.82, 2.24) is 24.8 Å². The molecule has 4 rings (SSSR count). The van der Waals surface area contributed by atoms with Crippen LogP contribution >= 0.6 is 0 Å². The molecule has 0 spiro atoms. The highest BCUT2D eigenvalue weighted by molar-refractivity contribution is 6.07. The van der Waals surface area contributed by atoms with Gasteiger partial charge in [0.05, 0.1) is 29.1 Å². The normalized spacial score (nSPS) is 12.6. The lowest BCUT2D eigenvalue weighted by Crippen LogP contribution is -2.46. The molecule has 1 amide bonds. The predicted octanol–water partition coefficient (Wildman–Crippen LogP) is 4.34. The van der Waals surface area contributed by atoms with Gasteiger partial charge in [0.15, 0.2) is 0 Å². The average Bonchev–Trinajstić information content (AvgIpc) is 3.25. The van der Waals surface area contributed by atoms with Gasteiger partial charge in [-0.2, -0.15) is 0 Å². The van der Waals surface area contributed by atoms with Crippen molar-refractivity contribution in [1.29, 1.82) is 0 Å². The van der Waals surface area contributed by atoms with Gasteiger partial charge in [0.1, 0.15) is 0 Å². The molecule has 0 aliphatic heterocycles. The van der Waals surface area contributed by atoms with Crippen molar-refractivity contribution in [3.05, 3.63) is 79.1 Å². The number of fused-ring (bicyclic) bond motifs is 1. The average molecular weight is 399 g/mol. The van der Waals surface area contributed by atoms with Crippen LogP contribution in [0.2, 0.25) is 0 Å². The SMILES string of the molecule is CC(C)(C)[C@H](Cn1ccnc1)NC(=O)c1cc(-c2cccnc2)nc2ccccc12. The largest absolute Gasteiger partial charge is 0.347 e. The number of rotatable bonds is 5. The summed E-state index contributed by atoms with van der Waals surface area (Å²) < 4.78 is 1.99. The van der Waals surface area contributed by atoms with Crippen molar-refractivity contribution in [3.8, 4) is 11.3 Å². The summed E-state index contributed by atoms with van der Waals surface area (Å²) in [6.45, 7) is 7.02. The van der Waals surface area contributed by atoms with E-state index in [2.05, 4.69) is 36.1 Å². The number of benzene rings is 1. The molecule has 4 aromatic rings. The Hall–Kier alpha value is -3.54. The fraction of sp³-hybridized carbons (Fsp3) is 0.250. The molecule has 0 aliphatic rings. The van der Waals surface area contributed by atoms with E-state index < -0.39 is 0 Å². The van der Waals surface area contributed by atoms with Crippen LogP contribution in [-0.4, -0.2) is 31.5 Å². The summed E-state index contributed by atoms with van der Waals surface area (Å²) in [7, 11) is 0. The number of imidazole rings is 1. The second kappa shape index (κ2) is 8.06. The zero-order chi connectivity index (χ0) is 21.1. The number of amides is 1. The standard InChI is InChI=1S/C24H25N5O/c1-24(2,3)22(15-29-12-11-26-16-29)28-23(30)19-13-21(17-7-6-10-25-14-17)27-20-9-5-4-8-18(19)20/h4-14,16,22H,15H2,1-3H3,(H,28,30)/t22-/m0/s1. The Balaban J connectivity index is 1.72. The van der Waals surface area contributed by atoms with E-state index in [1.165, 1.54) is 0 Å². The van der Waals surface area contributed by atoms with Crippen LogP contribution in [0, 0.1) is 5.41 Å². The molecule has 6 heteroatoms. The van der Waals surface area contributed by atoms with E-state index in [4.69, 9.17) is 4.98 Å². The van der Waals surface area contributed by atoms with Crippen LogP contribution in [0.5, 0.6) is 0 Å². The van der Waals surface area contributed by atoms with Crippen LogP contribution in [0.4, 0.5) is 0 Å². The van der Waals surface area contributed by atoms with Crippen LogP contribution in [0.1, 0.15) is 31.1 Å². The third kappa shape index (κ3) is 4.22. The van der Waals surface area contributed by atoms with Gasteiger partial charge in [-0.25, -0.2) is 9.97 Å². The Morgan fingerprint density at radius 2 is 1.93 bits per heavy atom. The van der Waals surface area contributed by atoms with Crippen molar-refractivity contribution in [2.24, 2.45) is 5.41 Å². The van der Waals surface area contributed by atoms with Crippen LogP contribution < -0.4 is 5.32 Å². The fourth-order valence-electron chi connectivity index (χ4n) is 3.40. The van der Waals surface area contributed by atoms with Gasteiger partial charge in [-0.3, -0.25) is 9.78 Å². The lowest BCUT2D eigenvalue weighted by Gasteiger charge is -2.32. The fourth-order valence-corrected chi connectivity index (χ4v) is 3.40. The lowest BCUT2D eigenvalue weighted by molar-refractivity contribution is 0.0894. The molecular weight excluding hydrogens is 374 g/mol. The molecule has 6 nitrogen and oxygen atoms in total. The molecule has 152 valence electrons. The number of carbonyl (C=O) groups is 1. The predicted molar refractivity (Wildman–Crippen MR) is 118 cm³/mol. The summed E-state index contributed by atoms with van der Waals surface area (Å²) in [5.74, 6) is -0.112. The maximum Gasteiger partial charge on any atom is 0.252 e. The smallest absolute Gasteiger partial charge is 0.252 e. The number of aromatic nitrogens is 4. The molecule has 0 aliphatic carbocycles. The third-order valence-corrected chi connectivity index (χ3v) is 5.22. The maximum absolute atomic E-state index is 13.4. The highest BCUT2D eigenvalue weighted by Crippen LogP contribution is 2.26. The highest BCUT2D eigenvalue weighted by Gasteiger charge is 2.28. The number of nitrogens with one attached hydrogen (secondary N) is 1. The molecule has 1 N–H and O–H groups in total. The topological polar surface area (TPSA) is 72.7 Å². The summed E-state index contributed by atoms with van der Waals surface area (Å²) in [5.41, 5.74) is 2.87. The van der Waals surface area contributed by atoms with Crippen LogP contribution in [0.15, 0.2) is 73.6 Å². The molecular formula is C24H25N5O. The van der Waals surface area contributed by atoms with Crippen molar-refractivity contribution in [2.45, 2.75) is 33.4 Å². The van der Waals surface area contributed by atoms with Crippen molar-refractivity contribution >= 4 is 16.8 Å². The maximum atomic E-state index is 13.4. The van der Waals surface area contributed by atoms with Gasteiger partial charge < -0.3 is 9.88 Å². The minimum atomic E-state index is -0.130. The molecule has 0 fully saturated rings. The zero-order valence-electron chi connectivity index (χ0n) is 17.4. The second-order valence-electron chi connectivity index (χ2n) is 8.47. The van der Waals surface area contributed by atoms with Crippen LogP contribution in [0.3, 0.4) is 0 Å². The third-order valence-electron chi connectivity index (χ3n) is 5.22. The molecule has 0 unspecified atom stereocenters. The van der Waals surface area contributed by atoms with Gasteiger partial charge in [0, 0.05) is 42.3 Å². The van der Waals surface area contributed by atoms with Gasteiger partial charge in [0.25, 0.3) is 5.91 Å². The number of hydrogen-bond donors (Lipinski definition) is 1.